The van der Waals surface area contributed by atoms with Gasteiger partial charge in [-0.05, 0) is 88.0 Å². The highest BCUT2D eigenvalue weighted by atomic mass is 16.5. The lowest BCUT2D eigenvalue weighted by molar-refractivity contribution is -0.0227. The molecule has 6 heterocycles. The topological polar surface area (TPSA) is 45.2 Å². The van der Waals surface area contributed by atoms with Gasteiger partial charge in [-0.15, -0.1) is 0 Å². The van der Waals surface area contributed by atoms with Crippen molar-refractivity contribution in [3.63, 3.8) is 0 Å². The van der Waals surface area contributed by atoms with Crippen molar-refractivity contribution in [1.29, 1.82) is 0 Å². The maximum Gasteiger partial charge on any atom is 0.131 e. The average Bonchev–Trinajstić information content (AvgIpc) is 2.82. The van der Waals surface area contributed by atoms with Crippen molar-refractivity contribution < 1.29 is 14.6 Å². The van der Waals surface area contributed by atoms with Gasteiger partial charge in [0.25, 0.3) is 0 Å². The Balaban J connectivity index is 0.000000189. The van der Waals surface area contributed by atoms with E-state index >= 15 is 0 Å². The Kier molecular flexibility index (Phi) is 6.44. The van der Waals surface area contributed by atoms with Crippen LogP contribution in [0, 0.1) is 11.8 Å². The molecule has 8 rings (SSSR count). The van der Waals surface area contributed by atoms with Gasteiger partial charge < -0.3 is 19.5 Å². The first-order valence-corrected chi connectivity index (χ1v) is 11.9. The molecular weight excluding hydrogens is 388 g/mol. The predicted molar refractivity (Wildman–Crippen MR) is 122 cm³/mol. The molecule has 2 aromatic carbocycles. The van der Waals surface area contributed by atoms with Gasteiger partial charge >= 0.3 is 0 Å². The summed E-state index contributed by atoms with van der Waals surface area (Å²) in [6, 6.07) is 17.8. The van der Waals surface area contributed by atoms with Crippen LogP contribution in [0.25, 0.3) is 0 Å². The molecule has 5 heteroatoms. The molecule has 31 heavy (non-hydrogen) atoms. The first kappa shape index (κ1) is 20.8. The summed E-state index contributed by atoms with van der Waals surface area (Å²) < 4.78 is 12.1. The van der Waals surface area contributed by atoms with E-state index in [0.29, 0.717) is 17.9 Å². The van der Waals surface area contributed by atoms with Gasteiger partial charge in [0.2, 0.25) is 0 Å². The van der Waals surface area contributed by atoms with Crippen molar-refractivity contribution in [3.05, 3.63) is 54.6 Å². The number of hydrogen-bond acceptors (Lipinski definition) is 5. The zero-order valence-electron chi connectivity index (χ0n) is 18.2. The molecule has 0 aromatic heterocycles. The fraction of sp³-hybridized carbons (Fsp3) is 0.538. The highest BCUT2D eigenvalue weighted by Gasteiger charge is 2.35. The quantitative estimate of drug-likeness (QED) is 0.806. The lowest BCUT2D eigenvalue weighted by Gasteiger charge is -2.44. The zero-order valence-corrected chi connectivity index (χ0v) is 18.2. The monoisotopic (exact) mass is 422 g/mol. The number of aliphatic hydroxyl groups excluding tert-OH is 1. The summed E-state index contributed by atoms with van der Waals surface area (Å²) >= 11 is 0. The Labute approximate surface area is 185 Å². The smallest absolute Gasteiger partial charge is 0.131 e. The standard InChI is InChI=1S/C19H21NO2.C7H13NO/c1-2-5-16(6-3-1)21-17-7-4-8-18(13-17)22-19-14-20-11-9-15(19)10-12-20;9-7-5-8-3-1-6(7)2-4-8/h1-8,13,15,19H,9-12,14H2;6-7,9H,1-5H2. The van der Waals surface area contributed by atoms with E-state index in [0.717, 1.165) is 30.3 Å². The predicted octanol–water partition coefficient (Wildman–Crippen LogP) is 4.02. The lowest BCUT2D eigenvalue weighted by Crippen LogP contribution is -2.52. The van der Waals surface area contributed by atoms with E-state index in [1.165, 1.54) is 51.9 Å². The molecule has 1 N–H and O–H groups in total. The van der Waals surface area contributed by atoms with Gasteiger partial charge in [-0.3, -0.25) is 4.90 Å². The molecule has 2 unspecified atom stereocenters. The molecule has 166 valence electrons. The fourth-order valence-corrected chi connectivity index (χ4v) is 5.39. The van der Waals surface area contributed by atoms with E-state index in [1.54, 1.807) is 0 Å². The minimum atomic E-state index is -0.00694. The summed E-state index contributed by atoms with van der Waals surface area (Å²) in [5, 5.41) is 9.36. The second-order valence-electron chi connectivity index (χ2n) is 9.39. The molecule has 4 bridgehead atoms. The summed E-state index contributed by atoms with van der Waals surface area (Å²) in [6.07, 6.45) is 5.31. The second kappa shape index (κ2) is 9.60. The molecule has 0 spiro atoms. The Hall–Kier alpha value is -2.08. The van der Waals surface area contributed by atoms with Gasteiger partial charge in [-0.2, -0.15) is 0 Å². The van der Waals surface area contributed by atoms with Crippen molar-refractivity contribution >= 4 is 0 Å². The molecule has 6 saturated heterocycles. The number of hydrogen-bond donors (Lipinski definition) is 1. The third kappa shape index (κ3) is 5.22. The van der Waals surface area contributed by atoms with Crippen LogP contribution in [0.1, 0.15) is 25.7 Å². The SMILES string of the molecule is OC1CN2CCC1CC2.c1ccc(Oc2cccc(OC3CN4CCC3CC4)c2)cc1. The Morgan fingerprint density at radius 1 is 0.677 bits per heavy atom. The van der Waals surface area contributed by atoms with Crippen LogP contribution in [0.5, 0.6) is 17.2 Å². The minimum Gasteiger partial charge on any atom is -0.489 e. The van der Waals surface area contributed by atoms with Crippen LogP contribution in [0.15, 0.2) is 54.6 Å². The number of piperidine rings is 6. The summed E-state index contributed by atoms with van der Waals surface area (Å²) in [7, 11) is 0. The molecule has 5 nitrogen and oxygen atoms in total. The molecule has 2 aromatic rings. The van der Waals surface area contributed by atoms with Crippen LogP contribution < -0.4 is 9.47 Å². The lowest BCUT2D eigenvalue weighted by atomic mass is 9.86. The summed E-state index contributed by atoms with van der Waals surface area (Å²) in [6.45, 7) is 6.92. The van der Waals surface area contributed by atoms with Gasteiger partial charge in [-0.1, -0.05) is 24.3 Å². The van der Waals surface area contributed by atoms with Crippen LogP contribution in [0.2, 0.25) is 0 Å². The summed E-state index contributed by atoms with van der Waals surface area (Å²) in [5.74, 6) is 3.93. The summed E-state index contributed by atoms with van der Waals surface area (Å²) in [5.41, 5.74) is 0. The van der Waals surface area contributed by atoms with E-state index in [-0.39, 0.29) is 6.10 Å². The maximum absolute atomic E-state index is 9.36. The molecule has 6 aliphatic rings. The highest BCUT2D eigenvalue weighted by molar-refractivity contribution is 5.36. The van der Waals surface area contributed by atoms with E-state index < -0.39 is 0 Å². The molecule has 6 aliphatic heterocycles. The van der Waals surface area contributed by atoms with E-state index in [4.69, 9.17) is 9.47 Å². The van der Waals surface area contributed by atoms with Crippen LogP contribution in [0.4, 0.5) is 0 Å². The molecule has 2 atom stereocenters. The van der Waals surface area contributed by atoms with Crippen LogP contribution in [-0.2, 0) is 0 Å². The molecule has 6 fully saturated rings. The third-order valence-corrected chi connectivity index (χ3v) is 7.29. The third-order valence-electron chi connectivity index (χ3n) is 7.29. The van der Waals surface area contributed by atoms with Gasteiger partial charge in [0.05, 0.1) is 6.10 Å². The number of aliphatic hydroxyl groups is 1. The number of rotatable bonds is 4. The van der Waals surface area contributed by atoms with Crippen LogP contribution in [-0.4, -0.2) is 66.4 Å². The van der Waals surface area contributed by atoms with Gasteiger partial charge in [0.15, 0.2) is 0 Å². The van der Waals surface area contributed by atoms with Crippen molar-refractivity contribution in [3.8, 4) is 17.2 Å². The van der Waals surface area contributed by atoms with E-state index in [9.17, 15) is 5.11 Å². The number of para-hydroxylation sites is 1. The summed E-state index contributed by atoms with van der Waals surface area (Å²) in [4.78, 5) is 4.86. The van der Waals surface area contributed by atoms with Crippen LogP contribution >= 0.6 is 0 Å². The van der Waals surface area contributed by atoms with Gasteiger partial charge in [0.1, 0.15) is 23.4 Å². The Bertz CT molecular complexity index is 830. The second-order valence-corrected chi connectivity index (χ2v) is 9.39. The van der Waals surface area contributed by atoms with Crippen molar-refractivity contribution in [2.75, 3.05) is 39.3 Å². The van der Waals surface area contributed by atoms with E-state index in [1.807, 2.05) is 54.6 Å². The first-order chi connectivity index (χ1) is 15.2. The Morgan fingerprint density at radius 3 is 1.84 bits per heavy atom. The van der Waals surface area contributed by atoms with Gasteiger partial charge in [0, 0.05) is 19.2 Å². The maximum atomic E-state index is 9.36. The molecule has 0 saturated carbocycles. The van der Waals surface area contributed by atoms with Crippen LogP contribution in [0.3, 0.4) is 0 Å². The van der Waals surface area contributed by atoms with Crippen molar-refractivity contribution in [1.82, 2.24) is 9.80 Å². The number of fused-ring (bicyclic) bond motifs is 6. The largest absolute Gasteiger partial charge is 0.489 e. The van der Waals surface area contributed by atoms with Crippen molar-refractivity contribution in [2.45, 2.75) is 37.9 Å². The molecule has 0 aliphatic carbocycles. The van der Waals surface area contributed by atoms with E-state index in [2.05, 4.69) is 9.80 Å². The molecule has 0 amide bonds. The number of nitrogens with zero attached hydrogens (tertiary/aromatic N) is 2. The highest BCUT2D eigenvalue weighted by Crippen LogP contribution is 2.32. The Morgan fingerprint density at radius 2 is 1.29 bits per heavy atom. The molecular formula is C26H34N2O3. The normalized spacial score (nSPS) is 33.3. The van der Waals surface area contributed by atoms with Crippen molar-refractivity contribution in [2.24, 2.45) is 11.8 Å². The molecule has 0 radical (unpaired) electrons. The zero-order chi connectivity index (χ0) is 21.0. The van der Waals surface area contributed by atoms with Gasteiger partial charge in [-0.25, -0.2) is 0 Å². The minimum absolute atomic E-state index is 0.00694. The fourth-order valence-electron chi connectivity index (χ4n) is 5.39. The first-order valence-electron chi connectivity index (χ1n) is 11.9. The number of benzene rings is 2. The average molecular weight is 423 g/mol. The number of ether oxygens (including phenoxy) is 2.